The van der Waals surface area contributed by atoms with E-state index in [9.17, 15) is 4.79 Å². The Hall–Kier alpha value is -2.50. The van der Waals surface area contributed by atoms with Gasteiger partial charge in [0.05, 0.1) is 26.8 Å². The second kappa shape index (κ2) is 6.19. The highest BCUT2D eigenvalue weighted by Crippen LogP contribution is 2.23. The van der Waals surface area contributed by atoms with Crippen LogP contribution in [-0.4, -0.2) is 15.9 Å². The van der Waals surface area contributed by atoms with E-state index in [1.807, 2.05) is 36.4 Å². The summed E-state index contributed by atoms with van der Waals surface area (Å²) in [5, 5.41) is 1.30. The van der Waals surface area contributed by atoms with Crippen molar-refractivity contribution in [2.75, 3.05) is 0 Å². The summed E-state index contributed by atoms with van der Waals surface area (Å²) in [7, 11) is 0. The van der Waals surface area contributed by atoms with Crippen LogP contribution in [0.1, 0.15) is 15.9 Å². The van der Waals surface area contributed by atoms with Crippen LogP contribution in [0.25, 0.3) is 21.1 Å². The number of rotatable bonds is 3. The van der Waals surface area contributed by atoms with Crippen molar-refractivity contribution in [1.29, 1.82) is 0 Å². The minimum atomic E-state index is -0.394. The molecule has 0 saturated heterocycles. The third-order valence-electron chi connectivity index (χ3n) is 3.68. The van der Waals surface area contributed by atoms with Crippen LogP contribution in [0.15, 0.2) is 54.0 Å². The highest BCUT2D eigenvalue weighted by atomic mass is 35.5. The zero-order valence-corrected chi connectivity index (χ0v) is 14.0. The molecule has 4 rings (SSSR count). The van der Waals surface area contributed by atoms with Gasteiger partial charge in [0.2, 0.25) is 0 Å². The fraction of sp³-hybridized carbons (Fsp3) is 0.0556. The Kier molecular flexibility index (Phi) is 3.88. The van der Waals surface area contributed by atoms with Crippen molar-refractivity contribution in [3.63, 3.8) is 0 Å². The summed E-state index contributed by atoms with van der Waals surface area (Å²) in [6, 6.07) is 14.9. The second-order valence-corrected chi connectivity index (χ2v) is 6.49. The fourth-order valence-corrected chi connectivity index (χ4v) is 3.36. The van der Waals surface area contributed by atoms with Crippen LogP contribution in [-0.2, 0) is 11.3 Å². The maximum Gasteiger partial charge on any atom is 0.338 e. The van der Waals surface area contributed by atoms with Crippen molar-refractivity contribution in [2.45, 2.75) is 6.61 Å². The minimum Gasteiger partial charge on any atom is -0.457 e. The van der Waals surface area contributed by atoms with Gasteiger partial charge in [-0.05, 0) is 30.3 Å². The Bertz CT molecular complexity index is 1060. The largest absolute Gasteiger partial charge is 0.457 e. The zero-order valence-electron chi connectivity index (χ0n) is 12.4. The molecular weight excluding hydrogens is 344 g/mol. The summed E-state index contributed by atoms with van der Waals surface area (Å²) in [6.45, 7) is 0.0796. The standard InChI is InChI=1S/C18H11ClN2O2S/c19-17-13(7-11-3-1-2-4-14(11)21-17)9-23-18(22)12-5-6-15-16(8-12)24-10-20-15/h1-8,10H,9H2. The number of para-hydroxylation sites is 1. The smallest absolute Gasteiger partial charge is 0.338 e. The Morgan fingerprint density at radius 2 is 2.00 bits per heavy atom. The molecule has 2 aromatic heterocycles. The number of thiazole rings is 1. The lowest BCUT2D eigenvalue weighted by Crippen LogP contribution is -2.05. The van der Waals surface area contributed by atoms with Crippen molar-refractivity contribution >= 4 is 50.0 Å². The highest BCUT2D eigenvalue weighted by molar-refractivity contribution is 7.16. The molecule has 2 aromatic carbocycles. The SMILES string of the molecule is O=C(OCc1cc2ccccc2nc1Cl)c1ccc2ncsc2c1. The number of carbonyl (C=O) groups excluding carboxylic acids is 1. The molecule has 4 nitrogen and oxygen atoms in total. The maximum absolute atomic E-state index is 12.3. The van der Waals surface area contributed by atoms with Crippen molar-refractivity contribution in [1.82, 2.24) is 9.97 Å². The molecule has 0 bridgehead atoms. The number of fused-ring (bicyclic) bond motifs is 2. The summed E-state index contributed by atoms with van der Waals surface area (Å²) in [6.07, 6.45) is 0. The van der Waals surface area contributed by atoms with Gasteiger partial charge in [-0.2, -0.15) is 0 Å². The average molecular weight is 355 g/mol. The molecular formula is C18H11ClN2O2S. The van der Waals surface area contributed by atoms with Gasteiger partial charge in [-0.1, -0.05) is 29.8 Å². The number of ether oxygens (including phenoxy) is 1. The van der Waals surface area contributed by atoms with E-state index in [1.54, 1.807) is 17.6 Å². The topological polar surface area (TPSA) is 52.1 Å². The molecule has 0 aliphatic rings. The Labute approximate surface area is 146 Å². The van der Waals surface area contributed by atoms with E-state index in [0.717, 1.165) is 21.1 Å². The summed E-state index contributed by atoms with van der Waals surface area (Å²) < 4.78 is 6.34. The Morgan fingerprint density at radius 1 is 1.12 bits per heavy atom. The molecule has 24 heavy (non-hydrogen) atoms. The van der Waals surface area contributed by atoms with Crippen molar-refractivity contribution < 1.29 is 9.53 Å². The molecule has 0 saturated carbocycles. The lowest BCUT2D eigenvalue weighted by molar-refractivity contribution is 0.0473. The molecule has 0 aliphatic heterocycles. The van der Waals surface area contributed by atoms with E-state index in [0.29, 0.717) is 16.3 Å². The van der Waals surface area contributed by atoms with Gasteiger partial charge in [-0.15, -0.1) is 11.3 Å². The number of hydrogen-bond acceptors (Lipinski definition) is 5. The molecule has 4 aromatic rings. The van der Waals surface area contributed by atoms with Gasteiger partial charge in [0.15, 0.2) is 0 Å². The maximum atomic E-state index is 12.3. The molecule has 0 fully saturated rings. The van der Waals surface area contributed by atoms with Crippen LogP contribution in [0.5, 0.6) is 0 Å². The molecule has 0 amide bonds. The van der Waals surface area contributed by atoms with Gasteiger partial charge in [0.1, 0.15) is 11.8 Å². The molecule has 6 heteroatoms. The molecule has 0 radical (unpaired) electrons. The first-order valence-electron chi connectivity index (χ1n) is 7.25. The van der Waals surface area contributed by atoms with Crippen LogP contribution in [0, 0.1) is 0 Å². The molecule has 2 heterocycles. The van der Waals surface area contributed by atoms with Gasteiger partial charge >= 0.3 is 5.97 Å². The van der Waals surface area contributed by atoms with E-state index >= 15 is 0 Å². The number of hydrogen-bond donors (Lipinski definition) is 0. The minimum absolute atomic E-state index is 0.0796. The lowest BCUT2D eigenvalue weighted by atomic mass is 10.1. The average Bonchev–Trinajstić information content (AvgIpc) is 3.07. The van der Waals surface area contributed by atoms with E-state index in [-0.39, 0.29) is 6.61 Å². The van der Waals surface area contributed by atoms with Crippen LogP contribution < -0.4 is 0 Å². The predicted molar refractivity (Wildman–Crippen MR) is 95.5 cm³/mol. The monoisotopic (exact) mass is 354 g/mol. The molecule has 0 N–H and O–H groups in total. The molecule has 118 valence electrons. The number of pyridine rings is 1. The summed E-state index contributed by atoms with van der Waals surface area (Å²) in [4.78, 5) is 20.8. The normalized spacial score (nSPS) is 11.0. The van der Waals surface area contributed by atoms with E-state index in [4.69, 9.17) is 16.3 Å². The van der Waals surface area contributed by atoms with Crippen LogP contribution in [0.4, 0.5) is 0 Å². The van der Waals surface area contributed by atoms with Gasteiger partial charge in [-0.25, -0.2) is 14.8 Å². The predicted octanol–water partition coefficient (Wildman–Crippen LogP) is 4.85. The molecule has 0 aliphatic carbocycles. The number of esters is 1. The summed E-state index contributed by atoms with van der Waals surface area (Å²) in [5.74, 6) is -0.394. The third kappa shape index (κ3) is 2.84. The first-order chi connectivity index (χ1) is 11.7. The number of halogens is 1. The lowest BCUT2D eigenvalue weighted by Gasteiger charge is -2.08. The van der Waals surface area contributed by atoms with Crippen LogP contribution in [0.3, 0.4) is 0 Å². The van der Waals surface area contributed by atoms with Crippen LogP contribution in [0.2, 0.25) is 5.15 Å². The highest BCUT2D eigenvalue weighted by Gasteiger charge is 2.11. The first-order valence-corrected chi connectivity index (χ1v) is 8.51. The summed E-state index contributed by atoms with van der Waals surface area (Å²) >= 11 is 7.67. The number of aromatic nitrogens is 2. The van der Waals surface area contributed by atoms with Crippen LogP contribution >= 0.6 is 22.9 Å². The first kappa shape index (κ1) is 15.1. The second-order valence-electron chi connectivity index (χ2n) is 5.24. The number of nitrogens with zero attached hydrogens (tertiary/aromatic N) is 2. The van der Waals surface area contributed by atoms with Gasteiger partial charge in [0.25, 0.3) is 0 Å². The number of carbonyl (C=O) groups is 1. The third-order valence-corrected chi connectivity index (χ3v) is 4.79. The van der Waals surface area contributed by atoms with E-state index < -0.39 is 5.97 Å². The zero-order chi connectivity index (χ0) is 16.5. The van der Waals surface area contributed by atoms with Gasteiger partial charge < -0.3 is 4.74 Å². The molecule has 0 spiro atoms. The van der Waals surface area contributed by atoms with Gasteiger partial charge in [-0.3, -0.25) is 0 Å². The molecule has 0 atom stereocenters. The van der Waals surface area contributed by atoms with Crippen molar-refractivity contribution in [2.24, 2.45) is 0 Å². The van der Waals surface area contributed by atoms with Gasteiger partial charge in [0, 0.05) is 10.9 Å². The van der Waals surface area contributed by atoms with E-state index in [2.05, 4.69) is 9.97 Å². The number of benzene rings is 2. The quantitative estimate of drug-likeness (QED) is 0.389. The summed E-state index contributed by atoms with van der Waals surface area (Å²) in [5.41, 5.74) is 4.62. The molecule has 0 unspecified atom stereocenters. The fourth-order valence-electron chi connectivity index (χ4n) is 2.45. The van der Waals surface area contributed by atoms with E-state index in [1.165, 1.54) is 11.3 Å². The Balaban J connectivity index is 1.55. The Morgan fingerprint density at radius 3 is 2.92 bits per heavy atom. The van der Waals surface area contributed by atoms with Crippen molar-refractivity contribution in [3.05, 3.63) is 70.3 Å². The van der Waals surface area contributed by atoms with Crippen molar-refractivity contribution in [3.8, 4) is 0 Å².